The molecule has 0 saturated carbocycles. The van der Waals surface area contributed by atoms with Crippen LogP contribution >= 0.6 is 11.6 Å². The predicted molar refractivity (Wildman–Crippen MR) is 158 cm³/mol. The van der Waals surface area contributed by atoms with E-state index in [4.69, 9.17) is 27.1 Å². The average Bonchev–Trinajstić information content (AvgIpc) is 3.36. The molecule has 1 amide bonds. The van der Waals surface area contributed by atoms with Crippen LogP contribution in [0.25, 0.3) is 16.6 Å². The fraction of sp³-hybridized carbons (Fsp3) is 0.433. The Balaban J connectivity index is 1.40. The Morgan fingerprint density at radius 3 is 2.66 bits per heavy atom. The number of anilines is 1. The molecule has 0 aromatic carbocycles. The minimum atomic E-state index is -1.01. The van der Waals surface area contributed by atoms with Crippen molar-refractivity contribution in [3.05, 3.63) is 53.5 Å². The van der Waals surface area contributed by atoms with E-state index in [0.717, 1.165) is 16.9 Å². The number of dihydropyridines is 1. The van der Waals surface area contributed by atoms with Crippen LogP contribution in [0, 0.1) is 22.2 Å². The summed E-state index contributed by atoms with van der Waals surface area (Å²) in [5, 5.41) is 24.5. The van der Waals surface area contributed by atoms with Gasteiger partial charge in [0.25, 0.3) is 0 Å². The average molecular weight is 576 g/mol. The number of nitriles is 1. The molecule has 3 aromatic rings. The van der Waals surface area contributed by atoms with Gasteiger partial charge in [-0.15, -0.1) is 0 Å². The number of hydrogen-bond donors (Lipinski definition) is 2. The molecule has 0 spiro atoms. The quantitative estimate of drug-likeness (QED) is 0.432. The van der Waals surface area contributed by atoms with Crippen LogP contribution in [0.3, 0.4) is 0 Å². The Morgan fingerprint density at radius 1 is 1.32 bits per heavy atom. The minimum Gasteiger partial charge on any atom is -0.489 e. The van der Waals surface area contributed by atoms with E-state index in [1.165, 1.54) is 6.20 Å². The van der Waals surface area contributed by atoms with Crippen molar-refractivity contribution in [3.63, 3.8) is 0 Å². The van der Waals surface area contributed by atoms with Crippen molar-refractivity contribution < 1.29 is 14.6 Å². The number of fused-ring (bicyclic) bond motifs is 1. The van der Waals surface area contributed by atoms with E-state index in [1.54, 1.807) is 43.0 Å². The Morgan fingerprint density at radius 2 is 2.05 bits per heavy atom. The van der Waals surface area contributed by atoms with Gasteiger partial charge in [-0.1, -0.05) is 18.5 Å². The fourth-order valence-corrected chi connectivity index (χ4v) is 6.27. The highest BCUT2D eigenvalue weighted by Crippen LogP contribution is 2.53. The number of halogens is 1. The SMILES string of the molecule is CC1N=CC(Cl)=CC1(C(N)=O)C1(C)CCN(c2ccc(-c3cc(OCC(C)(C)O)cn4ncc(C#N)c34)cn2)CC1. The Labute approximate surface area is 244 Å². The second-order valence-corrected chi connectivity index (χ2v) is 12.3. The number of hydrogen-bond acceptors (Lipinski definition) is 8. The molecule has 5 rings (SSSR count). The van der Waals surface area contributed by atoms with Crippen molar-refractivity contribution in [3.8, 4) is 22.9 Å². The molecule has 2 aliphatic rings. The molecule has 1 fully saturated rings. The summed E-state index contributed by atoms with van der Waals surface area (Å²) in [6.07, 6.45) is 9.79. The van der Waals surface area contributed by atoms with Crippen LogP contribution in [-0.4, -0.2) is 63.2 Å². The third-order valence-electron chi connectivity index (χ3n) is 8.40. The van der Waals surface area contributed by atoms with Crippen molar-refractivity contribution >= 4 is 35.1 Å². The summed E-state index contributed by atoms with van der Waals surface area (Å²) in [5.41, 5.74) is 6.25. The summed E-state index contributed by atoms with van der Waals surface area (Å²) >= 11 is 6.32. The molecule has 41 heavy (non-hydrogen) atoms. The number of allylic oxidation sites excluding steroid dienone is 1. The van der Waals surface area contributed by atoms with Crippen LogP contribution in [-0.2, 0) is 4.79 Å². The van der Waals surface area contributed by atoms with Crippen molar-refractivity contribution in [2.24, 2.45) is 21.6 Å². The monoisotopic (exact) mass is 575 g/mol. The molecule has 3 aromatic heterocycles. The zero-order valence-electron chi connectivity index (χ0n) is 23.6. The summed E-state index contributed by atoms with van der Waals surface area (Å²) in [6.45, 7) is 8.82. The number of aliphatic hydroxyl groups is 1. The molecule has 0 aliphatic carbocycles. The lowest BCUT2D eigenvalue weighted by Gasteiger charge is -2.52. The lowest BCUT2D eigenvalue weighted by atomic mass is 9.55. The van der Waals surface area contributed by atoms with Gasteiger partial charge in [-0.25, -0.2) is 9.50 Å². The molecule has 11 heteroatoms. The van der Waals surface area contributed by atoms with Gasteiger partial charge in [0.1, 0.15) is 24.2 Å². The Bertz CT molecular complexity index is 1570. The fourth-order valence-electron chi connectivity index (χ4n) is 6.04. The van der Waals surface area contributed by atoms with E-state index < -0.39 is 22.3 Å². The first-order valence-corrected chi connectivity index (χ1v) is 13.9. The molecule has 1 saturated heterocycles. The van der Waals surface area contributed by atoms with Gasteiger partial charge in [-0.05, 0) is 63.3 Å². The topological polar surface area (TPSA) is 142 Å². The molecule has 2 atom stereocenters. The first-order chi connectivity index (χ1) is 19.4. The van der Waals surface area contributed by atoms with Crippen LogP contribution < -0.4 is 15.4 Å². The summed E-state index contributed by atoms with van der Waals surface area (Å²) in [6, 6.07) is 7.65. The van der Waals surface area contributed by atoms with E-state index in [2.05, 4.69) is 28.0 Å². The van der Waals surface area contributed by atoms with Gasteiger partial charge in [-0.3, -0.25) is 9.79 Å². The van der Waals surface area contributed by atoms with Crippen molar-refractivity contribution in [1.82, 2.24) is 14.6 Å². The molecule has 2 unspecified atom stereocenters. The lowest BCUT2D eigenvalue weighted by molar-refractivity contribution is -0.134. The maximum Gasteiger partial charge on any atom is 0.230 e. The van der Waals surface area contributed by atoms with E-state index in [1.807, 2.05) is 25.1 Å². The lowest BCUT2D eigenvalue weighted by Crippen LogP contribution is -2.58. The normalized spacial score (nSPS) is 22.3. The molecule has 3 N–H and O–H groups in total. The molecule has 10 nitrogen and oxygen atoms in total. The first kappa shape index (κ1) is 28.6. The number of amides is 1. The van der Waals surface area contributed by atoms with Crippen LogP contribution in [0.1, 0.15) is 46.1 Å². The van der Waals surface area contributed by atoms with Crippen molar-refractivity contribution in [2.45, 2.75) is 52.2 Å². The number of pyridine rings is 2. The van der Waals surface area contributed by atoms with Gasteiger partial charge in [0.05, 0.1) is 45.6 Å². The number of ether oxygens (including phenoxy) is 1. The molecular formula is C30H34ClN7O3. The van der Waals surface area contributed by atoms with Gasteiger partial charge in [0.2, 0.25) is 5.91 Å². The van der Waals surface area contributed by atoms with Crippen molar-refractivity contribution in [1.29, 1.82) is 5.26 Å². The maximum atomic E-state index is 12.9. The van der Waals surface area contributed by atoms with E-state index in [-0.39, 0.29) is 12.6 Å². The number of carbonyl (C=O) groups is 1. The zero-order chi connectivity index (χ0) is 29.6. The smallest absolute Gasteiger partial charge is 0.230 e. The Kier molecular flexibility index (Phi) is 7.30. The number of primary amides is 1. The predicted octanol–water partition coefficient (Wildman–Crippen LogP) is 4.09. The number of piperidine rings is 1. The number of aromatic nitrogens is 3. The summed E-state index contributed by atoms with van der Waals surface area (Å²) < 4.78 is 7.44. The molecular weight excluding hydrogens is 542 g/mol. The highest BCUT2D eigenvalue weighted by Gasteiger charge is 2.56. The highest BCUT2D eigenvalue weighted by atomic mass is 35.5. The third-order valence-corrected chi connectivity index (χ3v) is 8.61. The van der Waals surface area contributed by atoms with Crippen LogP contribution in [0.4, 0.5) is 5.82 Å². The van der Waals surface area contributed by atoms with E-state index in [0.29, 0.717) is 47.8 Å². The van der Waals surface area contributed by atoms with Crippen LogP contribution in [0.2, 0.25) is 0 Å². The van der Waals surface area contributed by atoms with Crippen LogP contribution in [0.15, 0.2) is 52.9 Å². The number of nitrogens with two attached hydrogens (primary N) is 1. The van der Waals surface area contributed by atoms with Crippen LogP contribution in [0.5, 0.6) is 5.75 Å². The van der Waals surface area contributed by atoms with Crippen molar-refractivity contribution in [2.75, 3.05) is 24.6 Å². The number of aliphatic imine (C=N–C) groups is 1. The second kappa shape index (κ2) is 10.5. The van der Waals surface area contributed by atoms with Gasteiger partial charge < -0.3 is 20.5 Å². The molecule has 0 bridgehead atoms. The van der Waals surface area contributed by atoms with E-state index in [9.17, 15) is 15.2 Å². The number of rotatable bonds is 7. The van der Waals surface area contributed by atoms with Gasteiger partial charge >= 0.3 is 0 Å². The van der Waals surface area contributed by atoms with E-state index >= 15 is 0 Å². The molecule has 214 valence electrons. The zero-order valence-corrected chi connectivity index (χ0v) is 24.4. The number of carbonyl (C=O) groups excluding carboxylic acids is 1. The highest BCUT2D eigenvalue weighted by molar-refractivity contribution is 6.39. The minimum absolute atomic E-state index is 0.0968. The molecule has 2 aliphatic heterocycles. The second-order valence-electron chi connectivity index (χ2n) is 11.8. The standard InChI is InChI=1S/C30H34ClN7O3/c1-19-30(27(33)39,12-22(31)16-34-19)29(4)7-9-37(10-8-29)25-6-5-20(14-35-25)24-11-23(41-18-28(2,3)40)17-38-26(24)21(13-32)15-36-38/h5-6,11-12,14-17,19,40H,7-10,18H2,1-4H3,(H2,33,39). The summed E-state index contributed by atoms with van der Waals surface area (Å²) in [4.78, 5) is 24.3. The molecule has 5 heterocycles. The molecule has 0 radical (unpaired) electrons. The van der Waals surface area contributed by atoms with Gasteiger partial charge in [0.15, 0.2) is 0 Å². The van der Waals surface area contributed by atoms with Gasteiger partial charge in [-0.2, -0.15) is 10.4 Å². The number of nitrogens with zero attached hydrogens (tertiary/aromatic N) is 6. The first-order valence-electron chi connectivity index (χ1n) is 13.6. The maximum absolute atomic E-state index is 12.9. The van der Waals surface area contributed by atoms with Gasteiger partial charge in [0, 0.05) is 36.6 Å². The third kappa shape index (κ3) is 5.16. The summed E-state index contributed by atoms with van der Waals surface area (Å²) in [7, 11) is 0. The summed E-state index contributed by atoms with van der Waals surface area (Å²) in [5.74, 6) is 0.919. The Hall–Kier alpha value is -3.94. The largest absolute Gasteiger partial charge is 0.489 e.